The third-order valence-electron chi connectivity index (χ3n) is 12.2. The Morgan fingerprint density at radius 2 is 0.281 bits per heavy atom. The molecule has 64 nitrogen and oxygen atoms in total. The van der Waals surface area contributed by atoms with Crippen LogP contribution in [0.5, 0.6) is 0 Å². The lowest BCUT2D eigenvalue weighted by atomic mass is 10.1. The van der Waals surface area contributed by atoms with Gasteiger partial charge in [-0.15, -0.1) is 0 Å². The van der Waals surface area contributed by atoms with E-state index in [9.17, 15) is 137 Å². The molecule has 0 amide bonds. The van der Waals surface area contributed by atoms with Crippen molar-refractivity contribution in [1.82, 2.24) is 0 Å². The fraction of sp³-hybridized carbons (Fsp3) is 0. The Labute approximate surface area is 696 Å². The van der Waals surface area contributed by atoms with Crippen LogP contribution in [0.15, 0.2) is 146 Å². The second-order valence-corrected chi connectivity index (χ2v) is 20.0. The Morgan fingerprint density at radius 3 is 0.328 bits per heavy atom. The second-order valence-electron chi connectivity index (χ2n) is 20.0. The van der Waals surface area contributed by atoms with Crippen LogP contribution in [-0.4, -0.2) is 158 Å². The van der Waals surface area contributed by atoms with Crippen molar-refractivity contribution in [2.24, 2.45) is 0 Å². The van der Waals surface area contributed by atoms with Crippen LogP contribution in [0.4, 0.5) is 108 Å². The van der Waals surface area contributed by atoms with Gasteiger partial charge in [0.2, 0.25) is 43.1 Å². The molecule has 128 heavy (non-hydrogen) atoms. The minimum atomic E-state index is -3.17. The number of carbonyl (C=O) groups is 8. The van der Waals surface area contributed by atoms with Gasteiger partial charge in [-0.3, -0.25) is 80.9 Å². The highest BCUT2D eigenvalue weighted by molar-refractivity contribution is 6.28. The first kappa shape index (κ1) is 114. The molecule has 0 spiro atoms. The number of nitro benzene ring substituents is 8. The first-order valence-corrected chi connectivity index (χ1v) is 30.2. The Bertz CT molecular complexity index is 4870. The van der Waals surface area contributed by atoms with Gasteiger partial charge in [0.05, 0.1) is 87.9 Å². The van der Waals surface area contributed by atoms with Gasteiger partial charge in [0.1, 0.15) is 74.1 Å². The van der Waals surface area contributed by atoms with Crippen molar-refractivity contribution in [3.8, 4) is 0 Å². The highest BCUT2D eigenvalue weighted by Gasteiger charge is 2.31. The number of nitro groups is 8. The summed E-state index contributed by atoms with van der Waals surface area (Å²) in [5, 5.41) is 285. The molecule has 0 bridgehead atoms. The lowest BCUT2D eigenvalue weighted by Gasteiger charge is -2.09. The lowest BCUT2D eigenvalue weighted by molar-refractivity contribution is -0.385. The predicted octanol–water partition coefficient (Wildman–Crippen LogP) is 4.87. The third-order valence-corrected chi connectivity index (χ3v) is 12.2. The summed E-state index contributed by atoms with van der Waals surface area (Å²) in [7, 11) is -12.7. The monoisotopic (exact) mass is 1800 g/mol. The van der Waals surface area contributed by atoms with Crippen molar-refractivity contribution >= 4 is 168 Å². The molecule has 0 saturated carbocycles. The Morgan fingerprint density at radius 1 is 0.211 bits per heavy atom. The number of diazo groups is 8. The lowest BCUT2D eigenvalue weighted by Crippen LogP contribution is -2.39. The molecule has 8 N–H and O–H groups in total. The van der Waals surface area contributed by atoms with E-state index in [2.05, 4.69) is 39.8 Å². The average Bonchev–Trinajstić information content (AvgIpc) is 0.893. The molecule has 0 aromatic heterocycles. The van der Waals surface area contributed by atoms with Crippen molar-refractivity contribution in [2.75, 3.05) is 0 Å². The topological polar surface area (TPSA) is 1050 Å². The quantitative estimate of drug-likeness (QED) is 0.0210. The van der Waals surface area contributed by atoms with Crippen LogP contribution in [0, 0.1) is 124 Å². The maximum atomic E-state index is 10.6. The van der Waals surface area contributed by atoms with Crippen LogP contribution in [0.3, 0.4) is 0 Å². The number of aromatic carboxylic acids is 8. The summed E-state index contributed by atoms with van der Waals surface area (Å²) in [5.41, 5.74) is -8.75. The van der Waals surface area contributed by atoms with Gasteiger partial charge in [0, 0.05) is 97.1 Å². The van der Waals surface area contributed by atoms with Crippen LogP contribution < -0.4 is 40.2 Å². The molecule has 0 aliphatic heterocycles. The Kier molecular flexibility index (Phi) is 51.5. The molecule has 0 radical (unpaired) electrons. The number of carboxylic acid groups (broad SMARTS) is 8. The number of halogens is 4. The van der Waals surface area contributed by atoms with Gasteiger partial charge in [0.15, 0.2) is 39.8 Å². The van der Waals surface area contributed by atoms with E-state index in [0.29, 0.717) is 0 Å². The van der Waals surface area contributed by atoms with Crippen molar-refractivity contribution in [3.05, 3.63) is 311 Å². The summed E-state index contributed by atoms with van der Waals surface area (Å²) >= 11 is 0. The van der Waals surface area contributed by atoms with Crippen LogP contribution >= 0.6 is 0 Å². The standard InChI is InChI=1S/8C7H3N3O4.4BFO2/c8*8-9-4-1-2-6(10(13)14)5(3-4)7(11)12;4*2-1(3)4/h8*1-3H;;;;/q;;;;;;;;4*-2/p+8. The predicted molar refractivity (Wildman–Crippen MR) is 386 cm³/mol. The molecule has 0 aliphatic rings. The number of benzene rings is 8. The number of hydrogen-bond donors (Lipinski definition) is 8. The van der Waals surface area contributed by atoms with E-state index < -0.39 is 207 Å². The first-order chi connectivity index (χ1) is 59.4. The first-order valence-electron chi connectivity index (χ1n) is 30.2. The van der Waals surface area contributed by atoms with Crippen LogP contribution in [0.2, 0.25) is 0 Å². The summed E-state index contributed by atoms with van der Waals surface area (Å²) < 4.78 is 39.6. The van der Waals surface area contributed by atoms with Gasteiger partial charge in [-0.25, -0.2) is 38.4 Å². The SMILES string of the molecule is N#[N+]c1ccc([N+](=O)[O-])c(C(=O)O)c1.N#[N+]c1ccc([N+](=O)[O-])c(C(=O)O)c1.N#[N+]c1ccc([N+](=O)[O-])c(C(=O)O)c1.N#[N+]c1ccc([N+](=O)[O-])c(C(=O)O)c1.N#[N+]c1ccc([N+](=O)[O-])c(C(=O)O)c1.N#[N+]c1ccc([N+](=O)[O-])c(C(=O)O)c1.N#[N+]c1ccc([N+](=O)[O-])c(C(=O)O)c1.N#[N+]c1ccc([N+](=O)[O-])c(C(=O)O)c1.[O-]B([O-])F.[O-]B([O-])F.[O-]B([O-])F.[O-]B([O-])F. The van der Waals surface area contributed by atoms with Gasteiger partial charge < -0.3 is 98.3 Å². The van der Waals surface area contributed by atoms with Crippen LogP contribution in [-0.2, 0) is 0 Å². The molecule has 0 heterocycles. The van der Waals surface area contributed by atoms with Crippen LogP contribution in [0.1, 0.15) is 82.9 Å². The fourth-order valence-corrected chi connectivity index (χ4v) is 7.33. The molecule has 8 aromatic rings. The highest BCUT2D eigenvalue weighted by atomic mass is 19.1. The molecular formula is C56H32B4F4N24O40. The summed E-state index contributed by atoms with van der Waals surface area (Å²) in [4.78, 5) is 183. The molecule has 0 unspecified atom stereocenters. The summed E-state index contributed by atoms with van der Waals surface area (Å²) in [6, 6.07) is 24.3. The average molecular weight is 1800 g/mol. The Hall–Kier alpha value is -20.3. The van der Waals surface area contributed by atoms with E-state index in [1.165, 1.54) is 0 Å². The van der Waals surface area contributed by atoms with E-state index in [-0.39, 0.29) is 45.5 Å². The molecular weight excluding hydrogens is 1770 g/mol. The second kappa shape index (κ2) is 57.8. The van der Waals surface area contributed by atoms with E-state index >= 15 is 0 Å². The zero-order valence-corrected chi connectivity index (χ0v) is 61.1. The van der Waals surface area contributed by atoms with Gasteiger partial charge in [-0.05, 0) is 0 Å². The van der Waals surface area contributed by atoms with Gasteiger partial charge in [-0.2, -0.15) is 0 Å². The molecule has 0 atom stereocenters. The summed E-state index contributed by atoms with van der Waals surface area (Å²) in [5.74, 6) is -11.5. The number of nitrogens with zero attached hydrogens (tertiary/aromatic N) is 24. The van der Waals surface area contributed by atoms with Gasteiger partial charge in [-0.1, -0.05) is 0 Å². The molecule has 8 aromatic carbocycles. The maximum absolute atomic E-state index is 10.6. The number of rotatable bonds is 16. The zero-order valence-electron chi connectivity index (χ0n) is 61.1. The minimum absolute atomic E-state index is 0.0481. The fourth-order valence-electron chi connectivity index (χ4n) is 7.33. The smallest absolute Gasteiger partial charge is 0.386 e. The van der Waals surface area contributed by atoms with E-state index in [1.54, 1.807) is 0 Å². The largest absolute Gasteiger partial charge is 0.867 e. The molecule has 0 aliphatic carbocycles. The normalized spacial score (nSPS) is 8.78. The third kappa shape index (κ3) is 43.3. The van der Waals surface area contributed by atoms with E-state index in [1.807, 2.05) is 0 Å². The molecule has 656 valence electrons. The molecule has 0 saturated heterocycles. The minimum Gasteiger partial charge on any atom is -0.867 e. The highest BCUT2D eigenvalue weighted by Crippen LogP contribution is 2.31. The Balaban J connectivity index is -0.000000669. The number of carboxylic acids is 8. The van der Waals surface area contributed by atoms with Gasteiger partial charge in [0.25, 0.3) is 45.5 Å². The summed E-state index contributed by atoms with van der Waals surface area (Å²) in [6.07, 6.45) is 0. The zero-order chi connectivity index (χ0) is 100. The van der Waals surface area contributed by atoms with Crippen molar-refractivity contribution in [1.29, 1.82) is 43.1 Å². The van der Waals surface area contributed by atoms with Crippen LogP contribution in [0.25, 0.3) is 39.8 Å². The van der Waals surface area contributed by atoms with E-state index in [0.717, 1.165) is 146 Å². The summed E-state index contributed by atoms with van der Waals surface area (Å²) in [6.45, 7) is 0. The van der Waals surface area contributed by atoms with Crippen molar-refractivity contribution in [2.45, 2.75) is 0 Å². The molecule has 72 heteroatoms. The molecule has 0 fully saturated rings. The number of hydrogen-bond acceptors (Lipinski definition) is 40. The maximum Gasteiger partial charge on any atom is 0.386 e. The molecule has 8 rings (SSSR count). The van der Waals surface area contributed by atoms with E-state index in [4.69, 9.17) is 124 Å². The van der Waals surface area contributed by atoms with Gasteiger partial charge >= 0.3 is 93.3 Å². The van der Waals surface area contributed by atoms with Crippen molar-refractivity contribution < 1.29 is 176 Å². The van der Waals surface area contributed by atoms with Crippen molar-refractivity contribution in [3.63, 3.8) is 0 Å².